The van der Waals surface area contributed by atoms with Gasteiger partial charge < -0.3 is 25.0 Å². The van der Waals surface area contributed by atoms with Gasteiger partial charge >= 0.3 is 5.97 Å². The minimum atomic E-state index is -2.38. The van der Waals surface area contributed by atoms with Crippen LogP contribution in [0, 0.1) is 35.0 Å². The van der Waals surface area contributed by atoms with Gasteiger partial charge in [-0.15, -0.1) is 11.8 Å². The largest absolute Gasteiger partial charge is 0.478 e. The van der Waals surface area contributed by atoms with E-state index < -0.39 is 65.0 Å². The lowest BCUT2D eigenvalue weighted by Crippen LogP contribution is -2.38. The van der Waals surface area contributed by atoms with Crippen LogP contribution in [0.3, 0.4) is 0 Å². The lowest BCUT2D eigenvalue weighted by atomic mass is 9.91. The number of hydrogen-bond acceptors (Lipinski definition) is 7. The van der Waals surface area contributed by atoms with Crippen molar-refractivity contribution in [3.05, 3.63) is 124 Å². The van der Waals surface area contributed by atoms with Crippen molar-refractivity contribution in [3.8, 4) is 0 Å². The van der Waals surface area contributed by atoms with Crippen LogP contribution in [0.15, 0.2) is 71.9 Å². The van der Waals surface area contributed by atoms with Crippen molar-refractivity contribution in [1.29, 1.82) is 0 Å². The number of carbonyl (C=O) groups excluding carboxylic acids is 1. The number of aromatic nitrogens is 1. The van der Waals surface area contributed by atoms with E-state index in [4.69, 9.17) is 9.47 Å². The van der Waals surface area contributed by atoms with Gasteiger partial charge in [-0.3, -0.25) is 4.79 Å². The molecule has 1 aliphatic heterocycles. The third-order valence-electron chi connectivity index (χ3n) is 7.39. The molecule has 240 valence electrons. The molecule has 1 fully saturated rings. The van der Waals surface area contributed by atoms with Crippen LogP contribution in [0.5, 0.6) is 0 Å². The fourth-order valence-corrected chi connectivity index (χ4v) is 6.01. The highest BCUT2D eigenvalue weighted by Crippen LogP contribution is 2.43. The van der Waals surface area contributed by atoms with Gasteiger partial charge in [0.15, 0.2) is 29.6 Å². The second-order valence-corrected chi connectivity index (χ2v) is 11.3. The van der Waals surface area contributed by atoms with Crippen molar-refractivity contribution < 1.29 is 51.2 Å². The molecule has 4 atom stereocenters. The van der Waals surface area contributed by atoms with Crippen LogP contribution in [0.2, 0.25) is 0 Å². The van der Waals surface area contributed by atoms with Gasteiger partial charge in [0, 0.05) is 29.1 Å². The van der Waals surface area contributed by atoms with Crippen molar-refractivity contribution in [2.45, 2.75) is 37.1 Å². The molecule has 2 heterocycles. The second-order valence-electron chi connectivity index (χ2n) is 10.3. The molecule has 0 spiro atoms. The number of carboxylic acid groups (broad SMARTS) is 1. The van der Waals surface area contributed by atoms with E-state index in [2.05, 4.69) is 10.3 Å². The molecule has 1 aliphatic rings. The number of aliphatic hydroxyl groups is 1. The summed E-state index contributed by atoms with van der Waals surface area (Å²) in [7, 11) is 0. The summed E-state index contributed by atoms with van der Waals surface area (Å²) >= 11 is 1.21. The van der Waals surface area contributed by atoms with Crippen molar-refractivity contribution in [3.63, 3.8) is 0 Å². The van der Waals surface area contributed by atoms with Crippen molar-refractivity contribution in [2.24, 2.45) is 5.92 Å². The summed E-state index contributed by atoms with van der Waals surface area (Å²) in [6.45, 7) is 1.77. The molecular weight excluding hydrogens is 635 g/mol. The highest BCUT2D eigenvalue weighted by molar-refractivity contribution is 7.99. The summed E-state index contributed by atoms with van der Waals surface area (Å²) < 4.78 is 81.5. The first kappa shape index (κ1) is 33.0. The number of carbonyl (C=O) groups is 2. The number of benzene rings is 3. The van der Waals surface area contributed by atoms with Crippen molar-refractivity contribution in [2.75, 3.05) is 11.1 Å². The van der Waals surface area contributed by atoms with Crippen LogP contribution in [0.4, 0.5) is 27.6 Å². The number of pyridine rings is 1. The molecule has 0 saturated carbocycles. The summed E-state index contributed by atoms with van der Waals surface area (Å²) in [6, 6.07) is 15.8. The van der Waals surface area contributed by atoms with E-state index in [-0.39, 0.29) is 23.8 Å². The van der Waals surface area contributed by atoms with Gasteiger partial charge in [0.05, 0.1) is 24.4 Å². The summed E-state index contributed by atoms with van der Waals surface area (Å²) in [5, 5.41) is 21.4. The molecule has 0 radical (unpaired) electrons. The number of rotatable bonds is 9. The van der Waals surface area contributed by atoms with Crippen LogP contribution in [0.1, 0.15) is 56.7 Å². The number of hydrogen-bond donors (Lipinski definition) is 3. The van der Waals surface area contributed by atoms with Gasteiger partial charge in [0.2, 0.25) is 5.82 Å². The Bertz CT molecular complexity index is 1730. The van der Waals surface area contributed by atoms with Gasteiger partial charge in [-0.1, -0.05) is 43.3 Å². The van der Waals surface area contributed by atoms with Crippen molar-refractivity contribution >= 4 is 29.3 Å². The second kappa shape index (κ2) is 14.0. The highest BCUT2D eigenvalue weighted by atomic mass is 32.2. The molecule has 3 aromatic carbocycles. The summed E-state index contributed by atoms with van der Waals surface area (Å²) in [6.07, 6.45) is -0.465. The quantitative estimate of drug-likeness (QED) is 0.0777. The molecule has 1 amide bonds. The molecule has 0 unspecified atom stereocenters. The lowest BCUT2D eigenvalue weighted by Gasteiger charge is -2.41. The Morgan fingerprint density at radius 2 is 1.48 bits per heavy atom. The Hall–Kier alpha value is -4.37. The maximum absolute atomic E-state index is 14.1. The van der Waals surface area contributed by atoms with Gasteiger partial charge in [-0.2, -0.15) is 0 Å². The zero-order valence-corrected chi connectivity index (χ0v) is 24.7. The first-order valence-electron chi connectivity index (χ1n) is 13.7. The number of nitrogens with zero attached hydrogens (tertiary/aromatic N) is 1. The van der Waals surface area contributed by atoms with Gasteiger partial charge in [-0.05, 0) is 35.4 Å². The molecule has 1 aromatic heterocycles. The zero-order valence-electron chi connectivity index (χ0n) is 23.8. The highest BCUT2D eigenvalue weighted by Gasteiger charge is 2.39. The monoisotopic (exact) mass is 660 g/mol. The van der Waals surface area contributed by atoms with E-state index in [0.717, 1.165) is 5.56 Å². The van der Waals surface area contributed by atoms with E-state index in [1.54, 1.807) is 12.1 Å². The number of carboxylic acids is 1. The van der Waals surface area contributed by atoms with Crippen LogP contribution < -0.4 is 5.32 Å². The first-order chi connectivity index (χ1) is 22.0. The molecule has 4 aromatic rings. The molecule has 8 nitrogen and oxygen atoms in total. The average Bonchev–Trinajstić information content (AvgIpc) is 3.06. The van der Waals surface area contributed by atoms with Crippen LogP contribution in [-0.2, 0) is 16.1 Å². The van der Waals surface area contributed by atoms with Crippen LogP contribution in [0.25, 0.3) is 0 Å². The average molecular weight is 661 g/mol. The Labute approximate surface area is 263 Å². The third kappa shape index (κ3) is 6.75. The minimum Gasteiger partial charge on any atom is -0.478 e. The fourth-order valence-electron chi connectivity index (χ4n) is 4.86. The summed E-state index contributed by atoms with van der Waals surface area (Å²) in [4.78, 5) is 28.4. The molecule has 5 rings (SSSR count). The number of halogens is 5. The summed E-state index contributed by atoms with van der Waals surface area (Å²) in [5.74, 6) is -14.0. The molecule has 14 heteroatoms. The van der Waals surface area contributed by atoms with E-state index in [1.165, 1.54) is 54.4 Å². The number of thioether (sulfide) groups is 1. The predicted octanol–water partition coefficient (Wildman–Crippen LogP) is 6.80. The maximum atomic E-state index is 14.1. The third-order valence-corrected chi connectivity index (χ3v) is 8.48. The van der Waals surface area contributed by atoms with Gasteiger partial charge in [0.1, 0.15) is 10.6 Å². The Morgan fingerprint density at radius 3 is 2.09 bits per heavy atom. The Balaban J connectivity index is 1.38. The predicted molar refractivity (Wildman–Crippen MR) is 156 cm³/mol. The van der Waals surface area contributed by atoms with E-state index in [1.807, 2.05) is 19.1 Å². The molecule has 3 N–H and O–H groups in total. The first-order valence-corrected chi connectivity index (χ1v) is 14.7. The van der Waals surface area contributed by atoms with Gasteiger partial charge in [0.25, 0.3) is 5.91 Å². The van der Waals surface area contributed by atoms with E-state index >= 15 is 0 Å². The van der Waals surface area contributed by atoms with Crippen molar-refractivity contribution in [1.82, 2.24) is 4.98 Å². The normalized spacial score (nSPS) is 19.5. The van der Waals surface area contributed by atoms with E-state index in [0.29, 0.717) is 21.9 Å². The van der Waals surface area contributed by atoms with Crippen LogP contribution >= 0.6 is 11.8 Å². The van der Waals surface area contributed by atoms with E-state index in [9.17, 15) is 41.8 Å². The number of anilines is 1. The molecule has 0 bridgehead atoms. The molecule has 46 heavy (non-hydrogen) atoms. The number of amides is 1. The topological polar surface area (TPSA) is 118 Å². The Morgan fingerprint density at radius 1 is 0.870 bits per heavy atom. The Kier molecular flexibility index (Phi) is 10.0. The SMILES string of the molecule is C[C@@H]1[C@H](CSc2ncccc2C(=O)O)O[C@H](c2ccc(NC(=O)c3c(F)c(F)c(F)c(F)c3F)cc2)O[C@@H]1c1ccc(CO)cc1. The molecular formula is C32H25F5N2O6S. The molecule has 1 saturated heterocycles. The summed E-state index contributed by atoms with van der Waals surface area (Å²) in [5.41, 5.74) is 0.376. The maximum Gasteiger partial charge on any atom is 0.338 e. The van der Waals surface area contributed by atoms with Crippen LogP contribution in [-0.4, -0.2) is 38.9 Å². The standard InChI is InChI=1S/C32H25F5N2O6S/c1-15-21(14-46-30-20(31(42)43)3-2-12-38-30)44-32(45-28(15)17-6-4-16(13-40)5-7-17)18-8-10-19(11-9-18)39-29(41)22-23(33)25(35)27(37)26(36)24(22)34/h2-12,15,21,28,32,40H,13-14H2,1H3,(H,39,41)(H,42,43)/t15-,21+,28+,32+/m1/s1. The number of aromatic carboxylic acids is 1. The zero-order chi connectivity index (χ0) is 33.1. The number of aliphatic hydroxyl groups excluding tert-OH is 1. The minimum absolute atomic E-state index is 0.0125. The smallest absolute Gasteiger partial charge is 0.338 e. The number of nitrogens with one attached hydrogen (secondary N) is 1. The lowest BCUT2D eigenvalue weighted by molar-refractivity contribution is -0.268. The number of ether oxygens (including phenoxy) is 2. The van der Waals surface area contributed by atoms with Gasteiger partial charge in [-0.25, -0.2) is 31.7 Å². The molecule has 0 aliphatic carbocycles. The fraction of sp³-hybridized carbons (Fsp3) is 0.219.